The second-order valence-electron chi connectivity index (χ2n) is 9.09. The minimum atomic E-state index is -0.402. The van der Waals surface area contributed by atoms with Gasteiger partial charge in [0.1, 0.15) is 5.75 Å². The molecule has 2 aromatic rings. The molecule has 188 valence electrons. The maximum Gasteiger partial charge on any atom is 0.253 e. The van der Waals surface area contributed by atoms with Crippen molar-refractivity contribution in [3.05, 3.63) is 47.0 Å². The molecule has 9 nitrogen and oxygen atoms in total. The first-order chi connectivity index (χ1) is 16.7. The van der Waals surface area contributed by atoms with Crippen LogP contribution < -0.4 is 20.7 Å². The zero-order valence-corrected chi connectivity index (χ0v) is 21.1. The van der Waals surface area contributed by atoms with Crippen LogP contribution in [0.1, 0.15) is 34.8 Å². The van der Waals surface area contributed by atoms with E-state index in [0.717, 1.165) is 24.2 Å². The van der Waals surface area contributed by atoms with Crippen LogP contribution in [-0.2, 0) is 9.59 Å². The maximum absolute atomic E-state index is 13.2. The summed E-state index contributed by atoms with van der Waals surface area (Å²) >= 11 is 0. The van der Waals surface area contributed by atoms with Gasteiger partial charge in [-0.05, 0) is 63.2 Å². The molecule has 1 saturated heterocycles. The number of hydrogen-bond donors (Lipinski definition) is 3. The van der Waals surface area contributed by atoms with E-state index in [1.165, 1.54) is 0 Å². The van der Waals surface area contributed by atoms with E-state index in [4.69, 9.17) is 4.74 Å². The average Bonchev–Trinajstić information content (AvgIpc) is 2.79. The van der Waals surface area contributed by atoms with Crippen molar-refractivity contribution < 1.29 is 19.1 Å². The number of likely N-dealkylation sites (N-methyl/N-ethyl adjacent to an activating group) is 1. The van der Waals surface area contributed by atoms with Crippen LogP contribution in [0.15, 0.2) is 30.3 Å². The van der Waals surface area contributed by atoms with Crippen LogP contribution in [0.2, 0.25) is 0 Å². The van der Waals surface area contributed by atoms with Crippen LogP contribution in [0.5, 0.6) is 11.5 Å². The first-order valence-corrected chi connectivity index (χ1v) is 11.8. The molecular weight excluding hydrogens is 446 g/mol. The summed E-state index contributed by atoms with van der Waals surface area (Å²) < 4.78 is 6.12. The van der Waals surface area contributed by atoms with E-state index in [2.05, 4.69) is 20.9 Å². The largest absolute Gasteiger partial charge is 0.455 e. The number of nitrogens with zero attached hydrogens (tertiary/aromatic N) is 2. The van der Waals surface area contributed by atoms with Crippen molar-refractivity contribution in [2.24, 2.45) is 0 Å². The Morgan fingerprint density at radius 2 is 1.69 bits per heavy atom. The van der Waals surface area contributed by atoms with E-state index in [1.807, 2.05) is 44.0 Å². The Bertz CT molecular complexity index is 1060. The molecule has 3 amide bonds. The van der Waals surface area contributed by atoms with Crippen LogP contribution in [0.25, 0.3) is 0 Å². The fourth-order valence-corrected chi connectivity index (χ4v) is 4.15. The molecule has 0 bridgehead atoms. The van der Waals surface area contributed by atoms with Gasteiger partial charge in [-0.1, -0.05) is 6.07 Å². The fourth-order valence-electron chi connectivity index (χ4n) is 4.15. The lowest BCUT2D eigenvalue weighted by Gasteiger charge is -2.33. The summed E-state index contributed by atoms with van der Waals surface area (Å²) in [6.07, 6.45) is 0.725. The Labute approximate surface area is 206 Å². The van der Waals surface area contributed by atoms with Crippen LogP contribution in [0, 0.1) is 13.8 Å². The van der Waals surface area contributed by atoms with Gasteiger partial charge in [-0.15, -0.1) is 0 Å². The highest BCUT2D eigenvalue weighted by Crippen LogP contribution is 2.35. The minimum Gasteiger partial charge on any atom is -0.455 e. The maximum atomic E-state index is 13.2. The van der Waals surface area contributed by atoms with Gasteiger partial charge in [0, 0.05) is 45.7 Å². The molecule has 35 heavy (non-hydrogen) atoms. The van der Waals surface area contributed by atoms with Gasteiger partial charge in [0.25, 0.3) is 5.91 Å². The molecular formula is C26H35N5O4. The van der Waals surface area contributed by atoms with Crippen LogP contribution in [-0.4, -0.2) is 74.3 Å². The third-order valence-electron chi connectivity index (χ3n) is 5.99. The standard InChI is InChI=1S/C26H35N5O4/c1-17-10-18(2)12-20(11-17)35-24-14-21(22(28-16-32)15-23(24)27-4)26(34)29-19(3)13-25(33)31-8-6-30(5)7-9-31/h10-12,14-16,19,27H,6-9,13H2,1-5H3,(H,28,32)(H,29,34). The van der Waals surface area contributed by atoms with Gasteiger partial charge in [0.15, 0.2) is 5.75 Å². The van der Waals surface area contributed by atoms with E-state index in [1.54, 1.807) is 26.1 Å². The summed E-state index contributed by atoms with van der Waals surface area (Å²) in [5, 5.41) is 8.54. The molecule has 0 aliphatic carbocycles. The van der Waals surface area contributed by atoms with Gasteiger partial charge in [-0.25, -0.2) is 0 Å². The van der Waals surface area contributed by atoms with Crippen molar-refractivity contribution in [2.75, 3.05) is 50.9 Å². The molecule has 9 heteroatoms. The number of rotatable bonds is 9. The van der Waals surface area contributed by atoms with Crippen molar-refractivity contribution in [1.29, 1.82) is 0 Å². The molecule has 1 aliphatic rings. The number of hydrogen-bond acceptors (Lipinski definition) is 6. The Hall–Kier alpha value is -3.59. The number of ether oxygens (including phenoxy) is 1. The van der Waals surface area contributed by atoms with E-state index in [9.17, 15) is 14.4 Å². The predicted molar refractivity (Wildman–Crippen MR) is 137 cm³/mol. The zero-order valence-electron chi connectivity index (χ0n) is 21.1. The van der Waals surface area contributed by atoms with E-state index in [0.29, 0.717) is 42.4 Å². The summed E-state index contributed by atoms with van der Waals surface area (Å²) in [7, 11) is 3.77. The molecule has 0 saturated carbocycles. The molecule has 1 heterocycles. The van der Waals surface area contributed by atoms with Gasteiger partial charge in [-0.3, -0.25) is 14.4 Å². The van der Waals surface area contributed by atoms with E-state index >= 15 is 0 Å². The SMILES string of the molecule is CNc1cc(NC=O)c(C(=O)NC(C)CC(=O)N2CCN(C)CC2)cc1Oc1cc(C)cc(C)c1. The molecule has 1 atom stereocenters. The third-order valence-corrected chi connectivity index (χ3v) is 5.99. The highest BCUT2D eigenvalue weighted by atomic mass is 16.5. The van der Waals surface area contributed by atoms with E-state index in [-0.39, 0.29) is 23.9 Å². The lowest BCUT2D eigenvalue weighted by molar-refractivity contribution is -0.133. The van der Waals surface area contributed by atoms with Gasteiger partial charge >= 0.3 is 0 Å². The number of carbonyl (C=O) groups excluding carboxylic acids is 3. The lowest BCUT2D eigenvalue weighted by Crippen LogP contribution is -2.48. The van der Waals surface area contributed by atoms with Crippen molar-refractivity contribution in [3.8, 4) is 11.5 Å². The molecule has 0 aromatic heterocycles. The first-order valence-electron chi connectivity index (χ1n) is 11.8. The normalized spacial score (nSPS) is 14.7. The highest BCUT2D eigenvalue weighted by Gasteiger charge is 2.23. The molecule has 1 aliphatic heterocycles. The zero-order chi connectivity index (χ0) is 25.5. The number of amides is 3. The third kappa shape index (κ3) is 6.95. The Balaban J connectivity index is 1.79. The molecule has 0 spiro atoms. The van der Waals surface area contributed by atoms with Crippen molar-refractivity contribution in [1.82, 2.24) is 15.1 Å². The molecule has 1 unspecified atom stereocenters. The highest BCUT2D eigenvalue weighted by molar-refractivity contribution is 6.03. The second-order valence-corrected chi connectivity index (χ2v) is 9.09. The van der Waals surface area contributed by atoms with Crippen LogP contribution in [0.4, 0.5) is 11.4 Å². The quantitative estimate of drug-likeness (QED) is 0.476. The lowest BCUT2D eigenvalue weighted by atomic mass is 10.1. The first kappa shape index (κ1) is 26.0. The number of anilines is 2. The van der Waals surface area contributed by atoms with Crippen LogP contribution in [0.3, 0.4) is 0 Å². The predicted octanol–water partition coefficient (Wildman–Crippen LogP) is 2.99. The van der Waals surface area contributed by atoms with Crippen LogP contribution >= 0.6 is 0 Å². The van der Waals surface area contributed by atoms with Gasteiger partial charge in [-0.2, -0.15) is 0 Å². The molecule has 0 radical (unpaired) electrons. The second kappa shape index (κ2) is 11.7. The van der Waals surface area contributed by atoms with Crippen molar-refractivity contribution in [3.63, 3.8) is 0 Å². The Morgan fingerprint density at radius 3 is 2.29 bits per heavy atom. The topological polar surface area (TPSA) is 103 Å². The Morgan fingerprint density at radius 1 is 1.03 bits per heavy atom. The monoisotopic (exact) mass is 481 g/mol. The fraction of sp³-hybridized carbons (Fsp3) is 0.423. The summed E-state index contributed by atoms with van der Waals surface area (Å²) in [5.74, 6) is 0.704. The summed E-state index contributed by atoms with van der Waals surface area (Å²) in [4.78, 5) is 41.1. The smallest absolute Gasteiger partial charge is 0.253 e. The van der Waals surface area contributed by atoms with E-state index < -0.39 is 5.91 Å². The number of benzene rings is 2. The molecule has 3 N–H and O–H groups in total. The van der Waals surface area contributed by atoms with Crippen molar-refractivity contribution >= 4 is 29.6 Å². The number of piperazine rings is 1. The molecule has 2 aromatic carbocycles. The number of aryl methyl sites for hydroxylation is 2. The molecule has 3 rings (SSSR count). The van der Waals surface area contributed by atoms with Crippen molar-refractivity contribution in [2.45, 2.75) is 33.2 Å². The summed E-state index contributed by atoms with van der Waals surface area (Å²) in [5.41, 5.74) is 3.31. The van der Waals surface area contributed by atoms with Gasteiger partial charge in [0.05, 0.1) is 16.9 Å². The minimum absolute atomic E-state index is 0.0153. The number of carbonyl (C=O) groups is 3. The van der Waals surface area contributed by atoms with Gasteiger partial charge in [0.2, 0.25) is 12.3 Å². The molecule has 1 fully saturated rings. The number of nitrogens with one attached hydrogen (secondary N) is 3. The summed E-state index contributed by atoms with van der Waals surface area (Å²) in [6.45, 7) is 8.83. The average molecular weight is 482 g/mol. The van der Waals surface area contributed by atoms with Gasteiger partial charge < -0.3 is 30.5 Å². The summed E-state index contributed by atoms with van der Waals surface area (Å²) in [6, 6.07) is 8.74. The Kier molecular flexibility index (Phi) is 8.70.